The van der Waals surface area contributed by atoms with E-state index in [2.05, 4.69) is 4.72 Å². The summed E-state index contributed by atoms with van der Waals surface area (Å²) in [7, 11) is -3.90. The Kier molecular flexibility index (Phi) is 5.65. The molecule has 0 amide bonds. The molecule has 0 aromatic heterocycles. The first-order valence-electron chi connectivity index (χ1n) is 6.89. The van der Waals surface area contributed by atoms with E-state index in [1.54, 1.807) is 0 Å². The monoisotopic (exact) mass is 329 g/mol. The van der Waals surface area contributed by atoms with Crippen molar-refractivity contribution in [3.8, 4) is 0 Å². The van der Waals surface area contributed by atoms with Crippen molar-refractivity contribution in [2.75, 3.05) is 5.75 Å². The molecule has 1 fully saturated rings. The molecule has 0 aliphatic heterocycles. The number of hydrogen-bond acceptors (Lipinski definition) is 3. The quantitative estimate of drug-likeness (QED) is 0.514. The van der Waals surface area contributed by atoms with Crippen LogP contribution in [0, 0.1) is 11.3 Å². The lowest BCUT2D eigenvalue weighted by molar-refractivity contribution is -0.134. The molecule has 21 heavy (non-hydrogen) atoms. The second-order valence-corrected chi connectivity index (χ2v) is 7.66. The van der Waals surface area contributed by atoms with Crippen LogP contribution < -0.4 is 10.5 Å². The molecule has 5 nitrogen and oxygen atoms in total. The first kappa shape index (κ1) is 18.2. The van der Waals surface area contributed by atoms with E-state index >= 15 is 0 Å². The Morgan fingerprint density at radius 2 is 1.90 bits per heavy atom. The highest BCUT2D eigenvalue weighted by molar-refractivity contribution is 7.89. The highest BCUT2D eigenvalue weighted by Crippen LogP contribution is 2.32. The molecular weight excluding hydrogens is 307 g/mol. The molecule has 9 heteroatoms. The lowest BCUT2D eigenvalue weighted by Gasteiger charge is -2.38. The van der Waals surface area contributed by atoms with Crippen LogP contribution in [0.2, 0.25) is 0 Å². The molecule has 124 valence electrons. The zero-order valence-corrected chi connectivity index (χ0v) is 12.8. The number of rotatable bonds is 6. The Bertz CT molecular complexity index is 469. The Balaban J connectivity index is 2.68. The fourth-order valence-electron chi connectivity index (χ4n) is 2.49. The van der Waals surface area contributed by atoms with Crippen LogP contribution in [0.4, 0.5) is 13.2 Å². The molecule has 1 rings (SSSR count). The van der Waals surface area contributed by atoms with Gasteiger partial charge in [0.05, 0.1) is 11.3 Å². The standard InChI is InChI=1S/C12H22F3N3O2S/c1-9-3-6-11(7-4-9,10(16)17)18-21(19,20)8-2-5-12(13,14)15/h9,18H,2-8H2,1H3,(H3,16,17). The number of hydrogen-bond donors (Lipinski definition) is 3. The lowest BCUT2D eigenvalue weighted by atomic mass is 9.77. The van der Waals surface area contributed by atoms with Crippen molar-refractivity contribution in [3.05, 3.63) is 0 Å². The topological polar surface area (TPSA) is 96.0 Å². The van der Waals surface area contributed by atoms with Crippen molar-refractivity contribution in [1.82, 2.24) is 4.72 Å². The molecule has 0 radical (unpaired) electrons. The van der Waals surface area contributed by atoms with E-state index in [1.807, 2.05) is 6.92 Å². The van der Waals surface area contributed by atoms with Gasteiger partial charge in [-0.1, -0.05) is 6.92 Å². The van der Waals surface area contributed by atoms with Crippen molar-refractivity contribution in [2.45, 2.75) is 57.2 Å². The minimum atomic E-state index is -4.37. The zero-order chi connectivity index (χ0) is 16.3. The Labute approximate surface area is 123 Å². The molecule has 1 saturated carbocycles. The van der Waals surface area contributed by atoms with Crippen molar-refractivity contribution < 1.29 is 21.6 Å². The average Bonchev–Trinajstić information content (AvgIpc) is 2.29. The molecule has 1 aliphatic carbocycles. The van der Waals surface area contributed by atoms with Gasteiger partial charge in [0.15, 0.2) is 0 Å². The van der Waals surface area contributed by atoms with Crippen molar-refractivity contribution in [2.24, 2.45) is 11.7 Å². The van der Waals surface area contributed by atoms with Gasteiger partial charge < -0.3 is 5.73 Å². The Morgan fingerprint density at radius 3 is 2.33 bits per heavy atom. The van der Waals surface area contributed by atoms with E-state index in [0.29, 0.717) is 18.8 Å². The van der Waals surface area contributed by atoms with E-state index in [0.717, 1.165) is 12.8 Å². The molecule has 1 aliphatic rings. The number of nitrogens with two attached hydrogens (primary N) is 1. The molecule has 0 aromatic carbocycles. The summed E-state index contributed by atoms with van der Waals surface area (Å²) in [5.41, 5.74) is 4.39. The predicted molar refractivity (Wildman–Crippen MR) is 74.5 cm³/mol. The van der Waals surface area contributed by atoms with E-state index in [1.165, 1.54) is 0 Å². The van der Waals surface area contributed by atoms with Gasteiger partial charge in [0, 0.05) is 6.42 Å². The summed E-state index contributed by atoms with van der Waals surface area (Å²) in [6.07, 6.45) is -3.74. The van der Waals surface area contributed by atoms with Gasteiger partial charge in [-0.15, -0.1) is 0 Å². The van der Waals surface area contributed by atoms with E-state index in [9.17, 15) is 21.6 Å². The van der Waals surface area contributed by atoms with Gasteiger partial charge >= 0.3 is 6.18 Å². The molecule has 0 aromatic rings. The number of halogens is 3. The van der Waals surface area contributed by atoms with Gasteiger partial charge in [0.25, 0.3) is 0 Å². The lowest BCUT2D eigenvalue weighted by Crippen LogP contribution is -2.59. The highest BCUT2D eigenvalue weighted by atomic mass is 32.2. The van der Waals surface area contributed by atoms with Crippen LogP contribution in [0.15, 0.2) is 0 Å². The number of sulfonamides is 1. The van der Waals surface area contributed by atoms with E-state index < -0.39 is 40.3 Å². The first-order valence-corrected chi connectivity index (χ1v) is 8.54. The smallest absolute Gasteiger partial charge is 0.386 e. The van der Waals surface area contributed by atoms with Crippen molar-refractivity contribution in [3.63, 3.8) is 0 Å². The first-order chi connectivity index (χ1) is 9.46. The summed E-state index contributed by atoms with van der Waals surface area (Å²) >= 11 is 0. The minimum absolute atomic E-state index is 0.270. The maximum Gasteiger partial charge on any atom is 0.389 e. The molecule has 0 bridgehead atoms. The maximum absolute atomic E-state index is 12.1. The van der Waals surface area contributed by atoms with Gasteiger partial charge in [0.1, 0.15) is 5.84 Å². The van der Waals surface area contributed by atoms with Crippen LogP contribution in [-0.4, -0.2) is 31.7 Å². The molecule has 0 unspecified atom stereocenters. The predicted octanol–water partition coefficient (Wildman–Crippen LogP) is 2.13. The van der Waals surface area contributed by atoms with Crippen molar-refractivity contribution in [1.29, 1.82) is 5.41 Å². The molecule has 0 saturated heterocycles. The van der Waals surface area contributed by atoms with Gasteiger partial charge in [-0.25, -0.2) is 13.1 Å². The van der Waals surface area contributed by atoms with E-state index in [4.69, 9.17) is 11.1 Å². The molecular formula is C12H22F3N3O2S. The minimum Gasteiger partial charge on any atom is -0.386 e. The molecule has 4 N–H and O–H groups in total. The number of nitrogens with one attached hydrogen (secondary N) is 2. The summed E-state index contributed by atoms with van der Waals surface area (Å²) < 4.78 is 62.5. The van der Waals surface area contributed by atoms with Crippen LogP contribution in [0.5, 0.6) is 0 Å². The largest absolute Gasteiger partial charge is 0.389 e. The fraction of sp³-hybridized carbons (Fsp3) is 0.917. The van der Waals surface area contributed by atoms with E-state index in [-0.39, 0.29) is 5.84 Å². The van der Waals surface area contributed by atoms with Gasteiger partial charge in [0.2, 0.25) is 10.0 Å². The number of amidine groups is 1. The summed E-state index contributed by atoms with van der Waals surface area (Å²) in [6, 6.07) is 0. The summed E-state index contributed by atoms with van der Waals surface area (Å²) in [6.45, 7) is 2.03. The summed E-state index contributed by atoms with van der Waals surface area (Å²) in [5, 5.41) is 7.63. The summed E-state index contributed by atoms with van der Waals surface area (Å²) in [4.78, 5) is 0. The van der Waals surface area contributed by atoms with Crippen LogP contribution in [0.1, 0.15) is 45.4 Å². The SMILES string of the molecule is CC1CCC(NS(=O)(=O)CCCC(F)(F)F)(C(=N)N)CC1. The van der Waals surface area contributed by atoms with Gasteiger partial charge in [-0.2, -0.15) is 13.2 Å². The third-order valence-corrected chi connectivity index (χ3v) is 5.40. The Morgan fingerprint density at radius 1 is 1.38 bits per heavy atom. The maximum atomic E-state index is 12.1. The molecule has 0 spiro atoms. The zero-order valence-electron chi connectivity index (χ0n) is 12.0. The Hall–Kier alpha value is -0.830. The van der Waals surface area contributed by atoms with Crippen molar-refractivity contribution >= 4 is 15.9 Å². The van der Waals surface area contributed by atoms with Gasteiger partial charge in [-0.3, -0.25) is 5.41 Å². The third kappa shape index (κ3) is 5.82. The molecule has 0 atom stereocenters. The van der Waals surface area contributed by atoms with Crippen LogP contribution >= 0.6 is 0 Å². The second-order valence-electron chi connectivity index (χ2n) is 5.82. The highest BCUT2D eigenvalue weighted by Gasteiger charge is 2.40. The second kappa shape index (κ2) is 6.51. The number of alkyl halides is 3. The van der Waals surface area contributed by atoms with Gasteiger partial charge in [-0.05, 0) is 38.0 Å². The summed E-state index contributed by atoms with van der Waals surface area (Å²) in [5.74, 6) is -0.460. The van der Waals surface area contributed by atoms with Crippen LogP contribution in [0.3, 0.4) is 0 Å². The molecule has 0 heterocycles. The van der Waals surface area contributed by atoms with Crippen LogP contribution in [-0.2, 0) is 10.0 Å². The normalized spacial score (nSPS) is 27.5. The average molecular weight is 329 g/mol. The fourth-order valence-corrected chi connectivity index (χ4v) is 4.03. The van der Waals surface area contributed by atoms with Crippen LogP contribution in [0.25, 0.3) is 0 Å². The third-order valence-electron chi connectivity index (χ3n) is 3.87.